The predicted molar refractivity (Wildman–Crippen MR) is 112 cm³/mol. The molecular weight excluding hydrogens is 385 g/mol. The van der Waals surface area contributed by atoms with Crippen LogP contribution in [-0.4, -0.2) is 17.7 Å². The van der Waals surface area contributed by atoms with Crippen molar-refractivity contribution in [3.63, 3.8) is 0 Å². The number of carbonyl (C=O) groups is 1. The van der Waals surface area contributed by atoms with Crippen molar-refractivity contribution in [2.75, 3.05) is 6.61 Å². The molecule has 0 bridgehead atoms. The van der Waals surface area contributed by atoms with Crippen LogP contribution in [0.5, 0.6) is 11.5 Å². The molecule has 0 aromatic heterocycles. The topological polar surface area (TPSA) is 67.8 Å². The Balaban J connectivity index is 1.69. The Hall–Kier alpha value is -3.38. The highest BCUT2D eigenvalue weighted by atomic mass is 19.1. The van der Waals surface area contributed by atoms with Crippen molar-refractivity contribution in [2.24, 2.45) is 0 Å². The summed E-state index contributed by atoms with van der Waals surface area (Å²) >= 11 is 0. The first-order chi connectivity index (χ1) is 14.6. The van der Waals surface area contributed by atoms with Gasteiger partial charge >= 0.3 is 5.97 Å². The van der Waals surface area contributed by atoms with Gasteiger partial charge in [-0.15, -0.1) is 0 Å². The summed E-state index contributed by atoms with van der Waals surface area (Å²) in [4.78, 5) is 11.0. The van der Waals surface area contributed by atoms with Crippen LogP contribution in [0.25, 0.3) is 0 Å². The summed E-state index contributed by atoms with van der Waals surface area (Å²) in [5, 5.41) is 12.3. The zero-order valence-electron chi connectivity index (χ0n) is 16.7. The highest BCUT2D eigenvalue weighted by Crippen LogP contribution is 2.32. The van der Waals surface area contributed by atoms with E-state index in [4.69, 9.17) is 14.6 Å². The van der Waals surface area contributed by atoms with Crippen molar-refractivity contribution in [2.45, 2.75) is 26.6 Å². The molecule has 30 heavy (non-hydrogen) atoms. The van der Waals surface area contributed by atoms with Gasteiger partial charge in [0.25, 0.3) is 0 Å². The first kappa shape index (κ1) is 21.3. The molecule has 0 heterocycles. The van der Waals surface area contributed by atoms with E-state index in [1.807, 2.05) is 25.1 Å². The second kappa shape index (κ2) is 10.4. The fraction of sp³-hybridized carbons (Fsp3) is 0.208. The number of hydrogen-bond acceptors (Lipinski definition) is 4. The largest absolute Gasteiger partial charge is 0.490 e. The van der Waals surface area contributed by atoms with Crippen molar-refractivity contribution in [3.05, 3.63) is 94.8 Å². The second-order valence-corrected chi connectivity index (χ2v) is 6.66. The first-order valence-corrected chi connectivity index (χ1v) is 9.72. The lowest BCUT2D eigenvalue weighted by Crippen LogP contribution is -2.14. The van der Waals surface area contributed by atoms with E-state index in [1.54, 1.807) is 42.5 Å². The van der Waals surface area contributed by atoms with E-state index in [2.05, 4.69) is 5.32 Å². The minimum Gasteiger partial charge on any atom is -0.490 e. The van der Waals surface area contributed by atoms with Crippen molar-refractivity contribution in [1.29, 1.82) is 0 Å². The van der Waals surface area contributed by atoms with Crippen LogP contribution in [0.4, 0.5) is 4.39 Å². The third-order valence-electron chi connectivity index (χ3n) is 4.54. The van der Waals surface area contributed by atoms with Crippen LogP contribution >= 0.6 is 0 Å². The Morgan fingerprint density at radius 1 is 0.933 bits per heavy atom. The van der Waals surface area contributed by atoms with Gasteiger partial charge in [0.2, 0.25) is 0 Å². The molecule has 0 fully saturated rings. The predicted octanol–water partition coefficient (Wildman–Crippen LogP) is 4.79. The molecule has 2 N–H and O–H groups in total. The summed E-state index contributed by atoms with van der Waals surface area (Å²) in [5.41, 5.74) is 2.59. The van der Waals surface area contributed by atoms with Gasteiger partial charge in [-0.25, -0.2) is 9.18 Å². The van der Waals surface area contributed by atoms with Crippen molar-refractivity contribution >= 4 is 5.97 Å². The molecule has 0 radical (unpaired) electrons. The number of rotatable bonds is 10. The molecule has 0 saturated carbocycles. The molecule has 3 aromatic carbocycles. The molecule has 0 aliphatic heterocycles. The Morgan fingerprint density at radius 2 is 1.67 bits per heavy atom. The Labute approximate surface area is 175 Å². The van der Waals surface area contributed by atoms with Gasteiger partial charge in [-0.1, -0.05) is 42.5 Å². The van der Waals surface area contributed by atoms with Crippen LogP contribution in [0.1, 0.15) is 34.0 Å². The minimum absolute atomic E-state index is 0.0976. The lowest BCUT2D eigenvalue weighted by Gasteiger charge is -2.17. The number of aromatic carboxylic acids is 1. The molecule has 0 atom stereocenters. The van der Waals surface area contributed by atoms with Gasteiger partial charge in [0.15, 0.2) is 11.5 Å². The number of hydrogen-bond donors (Lipinski definition) is 2. The third kappa shape index (κ3) is 5.58. The molecule has 0 amide bonds. The highest BCUT2D eigenvalue weighted by Gasteiger charge is 2.12. The van der Waals surface area contributed by atoms with Crippen molar-refractivity contribution in [1.82, 2.24) is 5.32 Å². The Kier molecular flexibility index (Phi) is 7.40. The Bertz CT molecular complexity index is 989. The lowest BCUT2D eigenvalue weighted by atomic mass is 10.1. The molecular formula is C24H24FNO4. The SMILES string of the molecule is CCOc1cccc(CNCc2ccc(C(=O)O)cc2)c1OCc1ccccc1F. The molecule has 0 saturated heterocycles. The van der Waals surface area contributed by atoms with Gasteiger partial charge < -0.3 is 19.9 Å². The maximum absolute atomic E-state index is 13.9. The van der Waals surface area contributed by atoms with Gasteiger partial charge in [0.1, 0.15) is 12.4 Å². The smallest absolute Gasteiger partial charge is 0.335 e. The van der Waals surface area contributed by atoms with Gasteiger partial charge in [0.05, 0.1) is 12.2 Å². The number of ether oxygens (including phenoxy) is 2. The number of benzene rings is 3. The fourth-order valence-electron chi connectivity index (χ4n) is 3.01. The van der Waals surface area contributed by atoms with Crippen molar-refractivity contribution in [3.8, 4) is 11.5 Å². The molecule has 3 aromatic rings. The highest BCUT2D eigenvalue weighted by molar-refractivity contribution is 5.87. The van der Waals surface area contributed by atoms with Gasteiger partial charge in [-0.3, -0.25) is 0 Å². The van der Waals surface area contributed by atoms with Crippen LogP contribution < -0.4 is 14.8 Å². The normalized spacial score (nSPS) is 10.6. The van der Waals surface area contributed by atoms with E-state index in [-0.39, 0.29) is 18.0 Å². The quantitative estimate of drug-likeness (QED) is 0.504. The first-order valence-electron chi connectivity index (χ1n) is 9.72. The van der Waals surface area contributed by atoms with E-state index in [0.717, 1.165) is 11.1 Å². The van der Waals surface area contributed by atoms with E-state index >= 15 is 0 Å². The number of carboxylic acid groups (broad SMARTS) is 1. The molecule has 0 unspecified atom stereocenters. The van der Waals surface area contributed by atoms with Crippen molar-refractivity contribution < 1.29 is 23.8 Å². The average molecular weight is 409 g/mol. The van der Waals surface area contributed by atoms with Gasteiger partial charge in [-0.2, -0.15) is 0 Å². The van der Waals surface area contributed by atoms with E-state index < -0.39 is 5.97 Å². The van der Waals surface area contributed by atoms with Crippen LogP contribution in [0.15, 0.2) is 66.7 Å². The number of halogens is 1. The monoisotopic (exact) mass is 409 g/mol. The summed E-state index contributed by atoms with van der Waals surface area (Å²) in [6.07, 6.45) is 0. The summed E-state index contributed by atoms with van der Waals surface area (Å²) in [6, 6.07) is 18.9. The zero-order chi connectivity index (χ0) is 21.3. The van der Waals surface area contributed by atoms with Crippen LogP contribution in [0.3, 0.4) is 0 Å². The van der Waals surface area contributed by atoms with E-state index in [9.17, 15) is 9.18 Å². The molecule has 3 rings (SSSR count). The standard InChI is InChI=1S/C24H24FNO4/c1-2-29-22-9-5-7-19(23(22)30-16-20-6-3-4-8-21(20)25)15-26-14-17-10-12-18(13-11-17)24(27)28/h3-13,26H,2,14-16H2,1H3,(H,27,28). The lowest BCUT2D eigenvalue weighted by molar-refractivity contribution is 0.0697. The molecule has 5 nitrogen and oxygen atoms in total. The maximum Gasteiger partial charge on any atom is 0.335 e. The maximum atomic E-state index is 13.9. The number of carboxylic acids is 1. The van der Waals surface area contributed by atoms with Gasteiger partial charge in [-0.05, 0) is 36.8 Å². The van der Waals surface area contributed by atoms with Gasteiger partial charge in [0, 0.05) is 24.2 Å². The molecule has 0 aliphatic carbocycles. The number of para-hydroxylation sites is 1. The summed E-state index contributed by atoms with van der Waals surface area (Å²) in [7, 11) is 0. The summed E-state index contributed by atoms with van der Waals surface area (Å²) in [6.45, 7) is 3.55. The second-order valence-electron chi connectivity index (χ2n) is 6.66. The Morgan fingerprint density at radius 3 is 2.37 bits per heavy atom. The summed E-state index contributed by atoms with van der Waals surface area (Å²) < 4.78 is 25.6. The van der Waals surface area contributed by atoms with E-state index in [1.165, 1.54) is 6.07 Å². The minimum atomic E-state index is -0.945. The molecule has 156 valence electrons. The fourth-order valence-corrected chi connectivity index (χ4v) is 3.01. The average Bonchev–Trinajstić information content (AvgIpc) is 2.75. The van der Waals surface area contributed by atoms with Crippen LogP contribution in [0, 0.1) is 5.82 Å². The third-order valence-corrected chi connectivity index (χ3v) is 4.54. The summed E-state index contributed by atoms with van der Waals surface area (Å²) in [5.74, 6) is -0.0648. The molecule has 0 aliphatic rings. The molecule has 0 spiro atoms. The van der Waals surface area contributed by atoms with E-state index in [0.29, 0.717) is 36.8 Å². The molecule has 6 heteroatoms. The van der Waals surface area contributed by atoms with Crippen LogP contribution in [-0.2, 0) is 19.7 Å². The number of nitrogens with one attached hydrogen (secondary N) is 1. The zero-order valence-corrected chi connectivity index (χ0v) is 16.7. The van der Waals surface area contributed by atoms with Crippen LogP contribution in [0.2, 0.25) is 0 Å².